The Balaban J connectivity index is 2.04. The SMILES string of the molecule is O=C(O)C(=O)N1CCc2[nH]c3ccc(F)cc3c2C1. The van der Waals surface area contributed by atoms with Gasteiger partial charge in [0.05, 0.1) is 0 Å². The van der Waals surface area contributed by atoms with Crippen LogP contribution in [0.25, 0.3) is 10.9 Å². The molecule has 1 amide bonds. The lowest BCUT2D eigenvalue weighted by molar-refractivity contribution is -0.156. The zero-order valence-electron chi connectivity index (χ0n) is 9.94. The summed E-state index contributed by atoms with van der Waals surface area (Å²) >= 11 is 0. The molecule has 1 aliphatic heterocycles. The van der Waals surface area contributed by atoms with Crippen molar-refractivity contribution in [1.82, 2.24) is 9.88 Å². The highest BCUT2D eigenvalue weighted by Gasteiger charge is 2.27. The number of aliphatic carboxylic acids is 1. The Bertz CT molecular complexity index is 692. The number of amides is 1. The van der Waals surface area contributed by atoms with Crippen LogP contribution in [0.5, 0.6) is 0 Å². The molecule has 0 saturated carbocycles. The molecule has 2 N–H and O–H groups in total. The highest BCUT2D eigenvalue weighted by atomic mass is 19.1. The average Bonchev–Trinajstić information content (AvgIpc) is 2.75. The van der Waals surface area contributed by atoms with Gasteiger partial charge < -0.3 is 15.0 Å². The molecule has 0 fully saturated rings. The molecule has 1 aromatic heterocycles. The van der Waals surface area contributed by atoms with Gasteiger partial charge in [0, 0.05) is 41.7 Å². The topological polar surface area (TPSA) is 73.4 Å². The number of rotatable bonds is 0. The monoisotopic (exact) mass is 262 g/mol. The predicted octanol–water partition coefficient (Wildman–Crippen LogP) is 1.28. The highest BCUT2D eigenvalue weighted by Crippen LogP contribution is 2.28. The number of carbonyl (C=O) groups is 2. The van der Waals surface area contributed by atoms with E-state index in [-0.39, 0.29) is 12.4 Å². The lowest BCUT2D eigenvalue weighted by atomic mass is 10.0. The molecule has 0 saturated heterocycles. The van der Waals surface area contributed by atoms with E-state index in [1.165, 1.54) is 17.0 Å². The third-order valence-corrected chi connectivity index (χ3v) is 3.41. The van der Waals surface area contributed by atoms with Crippen molar-refractivity contribution in [2.45, 2.75) is 13.0 Å². The molecule has 5 nitrogen and oxygen atoms in total. The first-order chi connectivity index (χ1) is 9.06. The molecule has 3 rings (SSSR count). The van der Waals surface area contributed by atoms with Crippen LogP contribution in [-0.2, 0) is 22.6 Å². The van der Waals surface area contributed by atoms with Crippen LogP contribution in [0.15, 0.2) is 18.2 Å². The standard InChI is InChI=1S/C13H11FN2O3/c14-7-1-2-10-8(5-7)9-6-16(12(17)13(18)19)4-3-11(9)15-10/h1-2,5,15H,3-4,6H2,(H,18,19). The van der Waals surface area contributed by atoms with Gasteiger partial charge in [0.15, 0.2) is 0 Å². The second-order valence-electron chi connectivity index (χ2n) is 4.55. The summed E-state index contributed by atoms with van der Waals surface area (Å²) in [7, 11) is 0. The Morgan fingerprint density at radius 1 is 1.37 bits per heavy atom. The fourth-order valence-electron chi connectivity index (χ4n) is 2.49. The maximum atomic E-state index is 13.3. The first-order valence-corrected chi connectivity index (χ1v) is 5.87. The molecule has 0 radical (unpaired) electrons. The van der Waals surface area contributed by atoms with E-state index < -0.39 is 11.9 Å². The van der Waals surface area contributed by atoms with Crippen LogP contribution in [0, 0.1) is 5.82 Å². The Labute approximate surface area is 107 Å². The van der Waals surface area contributed by atoms with Gasteiger partial charge >= 0.3 is 11.9 Å². The number of aromatic nitrogens is 1. The number of nitrogens with zero attached hydrogens (tertiary/aromatic N) is 1. The Hall–Kier alpha value is -2.37. The summed E-state index contributed by atoms with van der Waals surface area (Å²) in [5, 5.41) is 9.44. The summed E-state index contributed by atoms with van der Waals surface area (Å²) in [5.41, 5.74) is 2.54. The summed E-state index contributed by atoms with van der Waals surface area (Å²) in [5.74, 6) is -2.73. The smallest absolute Gasteiger partial charge is 0.394 e. The van der Waals surface area contributed by atoms with E-state index in [0.29, 0.717) is 18.4 Å². The normalized spacial score (nSPS) is 14.5. The summed E-state index contributed by atoms with van der Waals surface area (Å²) < 4.78 is 13.3. The van der Waals surface area contributed by atoms with Crippen molar-refractivity contribution >= 4 is 22.8 Å². The minimum Gasteiger partial charge on any atom is -0.474 e. The Kier molecular flexibility index (Phi) is 2.51. The van der Waals surface area contributed by atoms with Gasteiger partial charge in [0.2, 0.25) is 0 Å². The van der Waals surface area contributed by atoms with Crippen LogP contribution in [0.2, 0.25) is 0 Å². The number of aromatic amines is 1. The lowest BCUT2D eigenvalue weighted by Gasteiger charge is -2.25. The van der Waals surface area contributed by atoms with E-state index in [0.717, 1.165) is 16.8 Å². The van der Waals surface area contributed by atoms with Crippen molar-refractivity contribution in [3.8, 4) is 0 Å². The van der Waals surface area contributed by atoms with Gasteiger partial charge in [-0.05, 0) is 18.2 Å². The van der Waals surface area contributed by atoms with Gasteiger partial charge in [-0.3, -0.25) is 4.79 Å². The molecule has 0 bridgehead atoms. The molecular formula is C13H11FN2O3. The summed E-state index contributed by atoms with van der Waals surface area (Å²) in [6, 6.07) is 4.41. The summed E-state index contributed by atoms with van der Waals surface area (Å²) in [4.78, 5) is 26.6. The largest absolute Gasteiger partial charge is 0.474 e. The molecule has 2 aromatic rings. The molecule has 2 heterocycles. The van der Waals surface area contributed by atoms with Crippen LogP contribution in [0.4, 0.5) is 4.39 Å². The number of benzene rings is 1. The van der Waals surface area contributed by atoms with Gasteiger partial charge in [0.1, 0.15) is 5.82 Å². The molecule has 0 unspecified atom stereocenters. The third-order valence-electron chi connectivity index (χ3n) is 3.41. The van der Waals surface area contributed by atoms with Crippen LogP contribution >= 0.6 is 0 Å². The molecule has 0 atom stereocenters. The molecule has 6 heteroatoms. The minimum atomic E-state index is -1.46. The minimum absolute atomic E-state index is 0.198. The number of halogens is 1. The van der Waals surface area contributed by atoms with E-state index in [9.17, 15) is 14.0 Å². The molecule has 19 heavy (non-hydrogen) atoms. The van der Waals surface area contributed by atoms with Gasteiger partial charge in [-0.1, -0.05) is 0 Å². The van der Waals surface area contributed by atoms with Crippen LogP contribution in [0.1, 0.15) is 11.3 Å². The van der Waals surface area contributed by atoms with E-state index in [2.05, 4.69) is 4.98 Å². The van der Waals surface area contributed by atoms with Crippen LogP contribution in [-0.4, -0.2) is 33.4 Å². The maximum Gasteiger partial charge on any atom is 0.394 e. The van der Waals surface area contributed by atoms with Crippen molar-refractivity contribution in [2.24, 2.45) is 0 Å². The van der Waals surface area contributed by atoms with E-state index in [1.54, 1.807) is 6.07 Å². The first-order valence-electron chi connectivity index (χ1n) is 5.87. The van der Waals surface area contributed by atoms with E-state index >= 15 is 0 Å². The number of carbonyl (C=O) groups excluding carboxylic acids is 1. The van der Waals surface area contributed by atoms with Gasteiger partial charge in [-0.25, -0.2) is 9.18 Å². The quantitative estimate of drug-likeness (QED) is 0.702. The van der Waals surface area contributed by atoms with Crippen molar-refractivity contribution in [3.63, 3.8) is 0 Å². The molecule has 98 valence electrons. The number of hydrogen-bond acceptors (Lipinski definition) is 2. The molecule has 1 aliphatic rings. The second-order valence-corrected chi connectivity index (χ2v) is 4.55. The van der Waals surface area contributed by atoms with E-state index in [1.807, 2.05) is 0 Å². The number of hydrogen-bond donors (Lipinski definition) is 2. The van der Waals surface area contributed by atoms with Crippen molar-refractivity contribution in [3.05, 3.63) is 35.3 Å². The zero-order valence-corrected chi connectivity index (χ0v) is 9.94. The first kappa shape index (κ1) is 11.7. The lowest BCUT2D eigenvalue weighted by Crippen LogP contribution is -2.39. The summed E-state index contributed by atoms with van der Waals surface area (Å²) in [6.45, 7) is 0.553. The maximum absolute atomic E-state index is 13.3. The fraction of sp³-hybridized carbons (Fsp3) is 0.231. The van der Waals surface area contributed by atoms with Gasteiger partial charge in [0.25, 0.3) is 0 Å². The Morgan fingerprint density at radius 2 is 2.16 bits per heavy atom. The molecular weight excluding hydrogens is 251 g/mol. The number of nitrogens with one attached hydrogen (secondary N) is 1. The molecule has 1 aromatic carbocycles. The van der Waals surface area contributed by atoms with Crippen molar-refractivity contribution < 1.29 is 19.1 Å². The van der Waals surface area contributed by atoms with Crippen LogP contribution < -0.4 is 0 Å². The number of H-pyrrole nitrogens is 1. The highest BCUT2D eigenvalue weighted by molar-refractivity contribution is 6.31. The van der Waals surface area contributed by atoms with Gasteiger partial charge in [-0.2, -0.15) is 0 Å². The second kappa shape index (κ2) is 4.08. The molecule has 0 aliphatic carbocycles. The van der Waals surface area contributed by atoms with Crippen molar-refractivity contribution in [2.75, 3.05) is 6.54 Å². The Morgan fingerprint density at radius 3 is 2.89 bits per heavy atom. The predicted molar refractivity (Wildman–Crippen MR) is 65.0 cm³/mol. The zero-order chi connectivity index (χ0) is 13.6. The van der Waals surface area contributed by atoms with Gasteiger partial charge in [-0.15, -0.1) is 0 Å². The molecule has 0 spiro atoms. The van der Waals surface area contributed by atoms with E-state index in [4.69, 9.17) is 5.11 Å². The van der Waals surface area contributed by atoms with Crippen molar-refractivity contribution in [1.29, 1.82) is 0 Å². The number of carboxylic acid groups (broad SMARTS) is 1. The average molecular weight is 262 g/mol. The number of fused-ring (bicyclic) bond motifs is 3. The summed E-state index contributed by atoms with van der Waals surface area (Å²) in [6.07, 6.45) is 0.546. The third kappa shape index (κ3) is 1.85. The van der Waals surface area contributed by atoms with Crippen LogP contribution in [0.3, 0.4) is 0 Å². The fourth-order valence-corrected chi connectivity index (χ4v) is 2.49. The number of carboxylic acids is 1.